The summed E-state index contributed by atoms with van der Waals surface area (Å²) >= 11 is 0. The second-order valence-electron chi connectivity index (χ2n) is 4.60. The fourth-order valence-electron chi connectivity index (χ4n) is 2.04. The molecule has 3 heteroatoms. The fraction of sp³-hybridized carbons (Fsp3) is 0.250. The van der Waals surface area contributed by atoms with Crippen LogP contribution in [0.5, 0.6) is 0 Å². The zero-order chi connectivity index (χ0) is 13.7. The predicted octanol–water partition coefficient (Wildman–Crippen LogP) is 3.50. The van der Waals surface area contributed by atoms with Gasteiger partial charge in [-0.05, 0) is 30.0 Å². The molecule has 1 unspecified atom stereocenters. The van der Waals surface area contributed by atoms with E-state index in [-0.39, 0.29) is 12.0 Å². The van der Waals surface area contributed by atoms with E-state index in [4.69, 9.17) is 0 Å². The molecule has 0 aromatic heterocycles. The van der Waals surface area contributed by atoms with E-state index in [0.29, 0.717) is 6.42 Å². The van der Waals surface area contributed by atoms with Crippen molar-refractivity contribution in [1.82, 2.24) is 0 Å². The average Bonchev–Trinajstić information content (AvgIpc) is 2.43. The van der Waals surface area contributed by atoms with Gasteiger partial charge in [0, 0.05) is 6.42 Å². The van der Waals surface area contributed by atoms with Gasteiger partial charge in [-0.3, -0.25) is 0 Å². The first-order valence-corrected chi connectivity index (χ1v) is 6.31. The second-order valence-corrected chi connectivity index (χ2v) is 4.60. The summed E-state index contributed by atoms with van der Waals surface area (Å²) in [5.41, 5.74) is 1.35. The highest BCUT2D eigenvalue weighted by atomic mass is 19.2. The summed E-state index contributed by atoms with van der Waals surface area (Å²) in [6.45, 7) is 0. The van der Waals surface area contributed by atoms with Crippen LogP contribution in [-0.2, 0) is 12.8 Å². The highest BCUT2D eigenvalue weighted by Crippen LogP contribution is 2.15. The first-order valence-electron chi connectivity index (χ1n) is 6.31. The SMILES string of the molecule is OC(CCc1ccccc1)Cc1cccc(F)c1F. The molecule has 100 valence electrons. The van der Waals surface area contributed by atoms with Crippen molar-refractivity contribution in [1.29, 1.82) is 0 Å². The topological polar surface area (TPSA) is 20.2 Å². The Balaban J connectivity index is 1.91. The summed E-state index contributed by atoms with van der Waals surface area (Å²) in [6.07, 6.45) is 0.714. The molecule has 0 aliphatic carbocycles. The van der Waals surface area contributed by atoms with Crippen molar-refractivity contribution in [3.05, 3.63) is 71.3 Å². The van der Waals surface area contributed by atoms with Gasteiger partial charge < -0.3 is 5.11 Å². The van der Waals surface area contributed by atoms with Crippen molar-refractivity contribution in [2.24, 2.45) is 0 Å². The summed E-state index contributed by atoms with van der Waals surface area (Å²) in [7, 11) is 0. The third kappa shape index (κ3) is 3.86. The molecule has 1 nitrogen and oxygen atoms in total. The molecular formula is C16H16F2O. The van der Waals surface area contributed by atoms with Crippen LogP contribution in [0.3, 0.4) is 0 Å². The van der Waals surface area contributed by atoms with E-state index in [2.05, 4.69) is 0 Å². The normalized spacial score (nSPS) is 12.4. The van der Waals surface area contributed by atoms with Crippen LogP contribution in [0.4, 0.5) is 8.78 Å². The van der Waals surface area contributed by atoms with Crippen molar-refractivity contribution in [3.63, 3.8) is 0 Å². The first-order chi connectivity index (χ1) is 9.16. The van der Waals surface area contributed by atoms with Gasteiger partial charge in [0.05, 0.1) is 6.10 Å². The lowest BCUT2D eigenvalue weighted by Crippen LogP contribution is -2.13. The second kappa shape index (κ2) is 6.43. The van der Waals surface area contributed by atoms with Gasteiger partial charge >= 0.3 is 0 Å². The average molecular weight is 262 g/mol. The number of aliphatic hydroxyl groups excluding tert-OH is 1. The van der Waals surface area contributed by atoms with E-state index < -0.39 is 17.7 Å². The molecule has 0 amide bonds. The molecule has 1 atom stereocenters. The summed E-state index contributed by atoms with van der Waals surface area (Å²) in [5.74, 6) is -1.73. The Morgan fingerprint density at radius 2 is 1.68 bits per heavy atom. The minimum atomic E-state index is -0.868. The van der Waals surface area contributed by atoms with Crippen molar-refractivity contribution in [3.8, 4) is 0 Å². The summed E-state index contributed by atoms with van der Waals surface area (Å²) in [5, 5.41) is 9.89. The zero-order valence-electron chi connectivity index (χ0n) is 10.5. The molecule has 0 aliphatic heterocycles. The van der Waals surface area contributed by atoms with Crippen LogP contribution in [-0.4, -0.2) is 11.2 Å². The Kier molecular flexibility index (Phi) is 4.63. The van der Waals surface area contributed by atoms with E-state index in [0.717, 1.165) is 18.1 Å². The van der Waals surface area contributed by atoms with Gasteiger partial charge in [0.2, 0.25) is 0 Å². The molecule has 0 bridgehead atoms. The van der Waals surface area contributed by atoms with Crippen molar-refractivity contribution in [2.75, 3.05) is 0 Å². The molecule has 0 radical (unpaired) electrons. The largest absolute Gasteiger partial charge is 0.393 e. The molecule has 0 saturated heterocycles. The third-order valence-electron chi connectivity index (χ3n) is 3.10. The van der Waals surface area contributed by atoms with Gasteiger partial charge in [0.1, 0.15) is 0 Å². The number of hydrogen-bond acceptors (Lipinski definition) is 1. The monoisotopic (exact) mass is 262 g/mol. The molecule has 19 heavy (non-hydrogen) atoms. The summed E-state index contributed by atoms with van der Waals surface area (Å²) in [6, 6.07) is 13.8. The maximum Gasteiger partial charge on any atom is 0.162 e. The van der Waals surface area contributed by atoms with Crippen molar-refractivity contribution in [2.45, 2.75) is 25.4 Å². The quantitative estimate of drug-likeness (QED) is 0.874. The van der Waals surface area contributed by atoms with Crippen molar-refractivity contribution < 1.29 is 13.9 Å². The third-order valence-corrected chi connectivity index (χ3v) is 3.10. The summed E-state index contributed by atoms with van der Waals surface area (Å²) < 4.78 is 26.5. The van der Waals surface area contributed by atoms with Crippen LogP contribution in [0, 0.1) is 11.6 Å². The number of halogens is 2. The van der Waals surface area contributed by atoms with Crippen LogP contribution >= 0.6 is 0 Å². The molecule has 2 aromatic rings. The Bertz CT molecular complexity index is 526. The Morgan fingerprint density at radius 3 is 2.42 bits per heavy atom. The standard InChI is InChI=1S/C16H16F2O/c17-15-8-4-7-13(16(15)18)11-14(19)10-9-12-5-2-1-3-6-12/h1-8,14,19H,9-11H2. The number of benzene rings is 2. The van der Waals surface area contributed by atoms with Gasteiger partial charge in [0.15, 0.2) is 11.6 Å². The molecule has 0 fully saturated rings. The molecule has 2 rings (SSSR count). The van der Waals surface area contributed by atoms with E-state index in [1.54, 1.807) is 0 Å². The summed E-state index contributed by atoms with van der Waals surface area (Å²) in [4.78, 5) is 0. The Hall–Kier alpha value is -1.74. The fourth-order valence-corrected chi connectivity index (χ4v) is 2.04. The van der Waals surface area contributed by atoms with Crippen LogP contribution in [0.2, 0.25) is 0 Å². The highest BCUT2D eigenvalue weighted by molar-refractivity contribution is 5.20. The number of aryl methyl sites for hydroxylation is 1. The van der Waals surface area contributed by atoms with E-state index in [1.807, 2.05) is 30.3 Å². The molecule has 0 saturated carbocycles. The molecule has 0 aliphatic rings. The van der Waals surface area contributed by atoms with Gasteiger partial charge in [-0.2, -0.15) is 0 Å². The predicted molar refractivity (Wildman–Crippen MR) is 70.8 cm³/mol. The lowest BCUT2D eigenvalue weighted by Gasteiger charge is -2.11. The molecule has 2 aromatic carbocycles. The minimum absolute atomic E-state index is 0.135. The van der Waals surface area contributed by atoms with E-state index in [9.17, 15) is 13.9 Å². The van der Waals surface area contributed by atoms with E-state index >= 15 is 0 Å². The number of aliphatic hydroxyl groups is 1. The van der Waals surface area contributed by atoms with Gasteiger partial charge in [-0.25, -0.2) is 8.78 Å². The Morgan fingerprint density at radius 1 is 0.947 bits per heavy atom. The number of rotatable bonds is 5. The maximum atomic E-state index is 13.4. The highest BCUT2D eigenvalue weighted by Gasteiger charge is 2.12. The van der Waals surface area contributed by atoms with Crippen LogP contribution in [0.15, 0.2) is 48.5 Å². The van der Waals surface area contributed by atoms with Crippen LogP contribution in [0.25, 0.3) is 0 Å². The molecular weight excluding hydrogens is 246 g/mol. The Labute approximate surface area is 111 Å². The van der Waals surface area contributed by atoms with Crippen LogP contribution < -0.4 is 0 Å². The molecule has 0 heterocycles. The smallest absolute Gasteiger partial charge is 0.162 e. The lowest BCUT2D eigenvalue weighted by molar-refractivity contribution is 0.163. The maximum absolute atomic E-state index is 13.4. The lowest BCUT2D eigenvalue weighted by atomic mass is 10.0. The van der Waals surface area contributed by atoms with Gasteiger partial charge in [-0.15, -0.1) is 0 Å². The zero-order valence-corrected chi connectivity index (χ0v) is 10.5. The first kappa shape index (κ1) is 13.7. The van der Waals surface area contributed by atoms with E-state index in [1.165, 1.54) is 12.1 Å². The molecule has 0 spiro atoms. The van der Waals surface area contributed by atoms with Crippen LogP contribution in [0.1, 0.15) is 17.5 Å². The van der Waals surface area contributed by atoms with Crippen molar-refractivity contribution >= 4 is 0 Å². The number of hydrogen-bond donors (Lipinski definition) is 1. The molecule has 1 N–H and O–H groups in total. The van der Waals surface area contributed by atoms with Gasteiger partial charge in [-0.1, -0.05) is 42.5 Å². The minimum Gasteiger partial charge on any atom is -0.393 e. The van der Waals surface area contributed by atoms with Gasteiger partial charge in [0.25, 0.3) is 0 Å².